The van der Waals surface area contributed by atoms with Crippen molar-refractivity contribution in [3.63, 3.8) is 0 Å². The first-order chi connectivity index (χ1) is 7.70. The number of aromatic nitrogens is 2. The summed E-state index contributed by atoms with van der Waals surface area (Å²) in [5.41, 5.74) is 2.11. The largest absolute Gasteiger partial charge is 0.351 e. The Morgan fingerprint density at radius 1 is 1.12 bits per heavy atom. The Morgan fingerprint density at radius 2 is 1.88 bits per heavy atom. The average Bonchev–Trinajstić information content (AvgIpc) is 2.77. The predicted molar refractivity (Wildman–Crippen MR) is 64.4 cm³/mol. The molecule has 2 saturated carbocycles. The number of hydrogen-bond donors (Lipinski definition) is 1. The molecule has 2 aliphatic carbocycles. The minimum atomic E-state index is 0.625. The smallest absolute Gasteiger partial charge is 0.223 e. The molecule has 1 heterocycles. The molecule has 3 rings (SSSR count). The van der Waals surface area contributed by atoms with Crippen LogP contribution < -0.4 is 5.32 Å². The summed E-state index contributed by atoms with van der Waals surface area (Å²) in [7, 11) is 0. The van der Waals surface area contributed by atoms with Crippen LogP contribution in [0, 0.1) is 25.7 Å². The van der Waals surface area contributed by atoms with Crippen LogP contribution in [-0.4, -0.2) is 16.0 Å². The van der Waals surface area contributed by atoms with Crippen molar-refractivity contribution in [3.8, 4) is 0 Å². The van der Waals surface area contributed by atoms with Gasteiger partial charge in [-0.1, -0.05) is 6.42 Å². The molecule has 3 unspecified atom stereocenters. The number of nitrogens with zero attached hydrogens (tertiary/aromatic N) is 2. The molecule has 0 aliphatic heterocycles. The first-order valence-corrected chi connectivity index (χ1v) is 6.29. The lowest BCUT2D eigenvalue weighted by atomic mass is 9.95. The zero-order chi connectivity index (χ0) is 11.1. The molecule has 0 saturated heterocycles. The van der Waals surface area contributed by atoms with Crippen molar-refractivity contribution in [2.24, 2.45) is 11.8 Å². The molecule has 3 heteroatoms. The molecule has 2 bridgehead atoms. The molecule has 0 amide bonds. The monoisotopic (exact) mass is 217 g/mol. The van der Waals surface area contributed by atoms with E-state index >= 15 is 0 Å². The highest BCUT2D eigenvalue weighted by Crippen LogP contribution is 2.45. The van der Waals surface area contributed by atoms with Crippen LogP contribution in [0.2, 0.25) is 0 Å². The second-order valence-electron chi connectivity index (χ2n) is 5.40. The highest BCUT2D eigenvalue weighted by Gasteiger charge is 2.39. The summed E-state index contributed by atoms with van der Waals surface area (Å²) in [5, 5.41) is 3.53. The summed E-state index contributed by atoms with van der Waals surface area (Å²) in [6.45, 7) is 4.06. The van der Waals surface area contributed by atoms with Gasteiger partial charge in [0, 0.05) is 17.4 Å². The maximum absolute atomic E-state index is 4.46. The fourth-order valence-corrected chi connectivity index (χ4v) is 3.38. The highest BCUT2D eigenvalue weighted by atomic mass is 15.1. The second-order valence-corrected chi connectivity index (χ2v) is 5.40. The molecule has 0 radical (unpaired) electrons. The van der Waals surface area contributed by atoms with E-state index < -0.39 is 0 Å². The Hall–Kier alpha value is -1.12. The van der Waals surface area contributed by atoms with Gasteiger partial charge in [0.15, 0.2) is 0 Å². The fraction of sp³-hybridized carbons (Fsp3) is 0.692. The van der Waals surface area contributed by atoms with Crippen molar-refractivity contribution in [3.05, 3.63) is 17.5 Å². The minimum Gasteiger partial charge on any atom is -0.351 e. The molecule has 16 heavy (non-hydrogen) atoms. The molecule has 2 fully saturated rings. The normalized spacial score (nSPS) is 32.0. The quantitative estimate of drug-likeness (QED) is 0.827. The van der Waals surface area contributed by atoms with Crippen LogP contribution in [0.4, 0.5) is 5.95 Å². The van der Waals surface area contributed by atoms with E-state index in [4.69, 9.17) is 0 Å². The van der Waals surface area contributed by atoms with Gasteiger partial charge in [-0.3, -0.25) is 0 Å². The Balaban J connectivity index is 1.74. The lowest BCUT2D eigenvalue weighted by Crippen LogP contribution is -2.27. The Kier molecular flexibility index (Phi) is 2.34. The Labute approximate surface area is 96.7 Å². The maximum Gasteiger partial charge on any atom is 0.223 e. The van der Waals surface area contributed by atoms with Gasteiger partial charge in [0.05, 0.1) is 0 Å². The first-order valence-electron chi connectivity index (χ1n) is 6.29. The summed E-state index contributed by atoms with van der Waals surface area (Å²) in [4.78, 5) is 8.92. The predicted octanol–water partition coefficient (Wildman–Crippen LogP) is 2.69. The fourth-order valence-electron chi connectivity index (χ4n) is 3.38. The summed E-state index contributed by atoms with van der Waals surface area (Å²) in [6.07, 6.45) is 5.58. The molecular weight excluding hydrogens is 198 g/mol. The zero-order valence-electron chi connectivity index (χ0n) is 10.0. The molecule has 0 spiro atoms. The summed E-state index contributed by atoms with van der Waals surface area (Å²) in [5.74, 6) is 2.66. The topological polar surface area (TPSA) is 37.8 Å². The van der Waals surface area contributed by atoms with E-state index in [-0.39, 0.29) is 0 Å². The lowest BCUT2D eigenvalue weighted by Gasteiger charge is -2.23. The highest BCUT2D eigenvalue weighted by molar-refractivity contribution is 5.30. The maximum atomic E-state index is 4.46. The minimum absolute atomic E-state index is 0.625. The van der Waals surface area contributed by atoms with Crippen molar-refractivity contribution in [2.75, 3.05) is 5.32 Å². The van der Waals surface area contributed by atoms with E-state index in [0.717, 1.165) is 29.2 Å². The van der Waals surface area contributed by atoms with Gasteiger partial charge >= 0.3 is 0 Å². The zero-order valence-corrected chi connectivity index (χ0v) is 10.0. The van der Waals surface area contributed by atoms with Crippen molar-refractivity contribution in [2.45, 2.75) is 45.6 Å². The van der Waals surface area contributed by atoms with Crippen LogP contribution in [0.3, 0.4) is 0 Å². The number of aryl methyl sites for hydroxylation is 2. The van der Waals surface area contributed by atoms with E-state index in [9.17, 15) is 0 Å². The van der Waals surface area contributed by atoms with E-state index in [1.54, 1.807) is 0 Å². The number of hydrogen-bond acceptors (Lipinski definition) is 3. The van der Waals surface area contributed by atoms with Crippen molar-refractivity contribution >= 4 is 5.95 Å². The van der Waals surface area contributed by atoms with Crippen LogP contribution in [-0.2, 0) is 0 Å². The number of anilines is 1. The second kappa shape index (κ2) is 3.72. The van der Waals surface area contributed by atoms with Crippen LogP contribution in [0.1, 0.15) is 37.1 Å². The third-order valence-corrected chi connectivity index (χ3v) is 4.03. The average molecular weight is 217 g/mol. The molecule has 1 aromatic heterocycles. The molecule has 3 atom stereocenters. The van der Waals surface area contributed by atoms with Crippen molar-refractivity contribution in [1.82, 2.24) is 9.97 Å². The molecule has 3 nitrogen and oxygen atoms in total. The van der Waals surface area contributed by atoms with Gasteiger partial charge in [-0.2, -0.15) is 0 Å². The molecule has 1 N–H and O–H groups in total. The van der Waals surface area contributed by atoms with Gasteiger partial charge in [0.25, 0.3) is 0 Å². The number of fused-ring (bicyclic) bond motifs is 2. The SMILES string of the molecule is Cc1cc(C)nc(NC2CC3CCC2C3)n1. The van der Waals surface area contributed by atoms with E-state index in [2.05, 4.69) is 15.3 Å². The molecular formula is C13H19N3. The third-order valence-electron chi connectivity index (χ3n) is 4.03. The van der Waals surface area contributed by atoms with E-state index in [1.165, 1.54) is 25.7 Å². The van der Waals surface area contributed by atoms with E-state index in [1.807, 2.05) is 19.9 Å². The van der Waals surface area contributed by atoms with Crippen LogP contribution >= 0.6 is 0 Å². The molecule has 86 valence electrons. The third kappa shape index (κ3) is 1.79. The lowest BCUT2D eigenvalue weighted by molar-refractivity contribution is 0.438. The molecule has 0 aromatic carbocycles. The van der Waals surface area contributed by atoms with Gasteiger partial charge in [-0.25, -0.2) is 9.97 Å². The summed E-state index contributed by atoms with van der Waals surface area (Å²) >= 11 is 0. The van der Waals surface area contributed by atoms with Crippen LogP contribution in [0.5, 0.6) is 0 Å². The van der Waals surface area contributed by atoms with Gasteiger partial charge < -0.3 is 5.32 Å². The van der Waals surface area contributed by atoms with E-state index in [0.29, 0.717) is 6.04 Å². The van der Waals surface area contributed by atoms with Gasteiger partial charge in [0.2, 0.25) is 5.95 Å². The molecule has 1 aromatic rings. The van der Waals surface area contributed by atoms with Gasteiger partial charge in [0.1, 0.15) is 0 Å². The number of nitrogens with one attached hydrogen (secondary N) is 1. The van der Waals surface area contributed by atoms with Crippen molar-refractivity contribution < 1.29 is 0 Å². The van der Waals surface area contributed by atoms with Gasteiger partial charge in [-0.15, -0.1) is 0 Å². The Bertz CT molecular complexity index is 382. The summed E-state index contributed by atoms with van der Waals surface area (Å²) in [6, 6.07) is 2.64. The van der Waals surface area contributed by atoms with Crippen LogP contribution in [0.15, 0.2) is 6.07 Å². The standard InChI is InChI=1S/C13H19N3/c1-8-5-9(2)15-13(14-8)16-12-7-10-3-4-11(12)6-10/h5,10-12H,3-4,6-7H2,1-2H3,(H,14,15,16). The number of rotatable bonds is 2. The first kappa shape index (κ1) is 10.1. The Morgan fingerprint density at radius 3 is 2.44 bits per heavy atom. The summed E-state index contributed by atoms with van der Waals surface area (Å²) < 4.78 is 0. The van der Waals surface area contributed by atoms with Gasteiger partial charge in [-0.05, 0) is 51.0 Å². The van der Waals surface area contributed by atoms with Crippen molar-refractivity contribution in [1.29, 1.82) is 0 Å². The van der Waals surface area contributed by atoms with Crippen LogP contribution in [0.25, 0.3) is 0 Å². The molecule has 2 aliphatic rings.